The zero-order valence-corrected chi connectivity index (χ0v) is 12.7. The highest BCUT2D eigenvalue weighted by atomic mass is 35.5. The molecule has 0 saturated heterocycles. The van der Waals surface area contributed by atoms with Gasteiger partial charge in [-0.05, 0) is 38.0 Å². The molecule has 5 nitrogen and oxygen atoms in total. The van der Waals surface area contributed by atoms with Crippen molar-refractivity contribution in [1.82, 2.24) is 4.90 Å². The number of nitrogens with one attached hydrogen (secondary N) is 1. The van der Waals surface area contributed by atoms with Crippen LogP contribution >= 0.6 is 11.6 Å². The van der Waals surface area contributed by atoms with Crippen LogP contribution in [-0.2, 0) is 0 Å². The molecule has 2 amide bonds. The minimum atomic E-state index is -1.11. The minimum Gasteiger partial charge on any atom is -0.478 e. The Labute approximate surface area is 128 Å². The molecule has 0 atom stereocenters. The summed E-state index contributed by atoms with van der Waals surface area (Å²) in [6.07, 6.45) is 4.36. The van der Waals surface area contributed by atoms with Crippen LogP contribution in [0.1, 0.15) is 43.0 Å². The monoisotopic (exact) mass is 310 g/mol. The van der Waals surface area contributed by atoms with Gasteiger partial charge in [-0.1, -0.05) is 24.4 Å². The lowest BCUT2D eigenvalue weighted by atomic mass is 10.2. The van der Waals surface area contributed by atoms with Crippen molar-refractivity contribution in [3.8, 4) is 0 Å². The lowest BCUT2D eigenvalue weighted by molar-refractivity contribution is 0.0697. The van der Waals surface area contributed by atoms with E-state index >= 15 is 0 Å². The highest BCUT2D eigenvalue weighted by Gasteiger charge is 2.25. The maximum absolute atomic E-state index is 12.3. The third-order valence-corrected chi connectivity index (χ3v) is 4.14. The van der Waals surface area contributed by atoms with E-state index in [9.17, 15) is 9.59 Å². The molecule has 0 bridgehead atoms. The third-order valence-electron chi connectivity index (χ3n) is 3.82. The fourth-order valence-corrected chi connectivity index (χ4v) is 2.94. The average Bonchev–Trinajstić information content (AvgIpc) is 2.95. The summed E-state index contributed by atoms with van der Waals surface area (Å²) in [5, 5.41) is 12.0. The maximum atomic E-state index is 12.3. The number of hydrogen-bond donors (Lipinski definition) is 2. The first-order valence-corrected chi connectivity index (χ1v) is 7.51. The summed E-state index contributed by atoms with van der Waals surface area (Å²) in [6.45, 7) is 2.58. The largest absolute Gasteiger partial charge is 0.478 e. The molecule has 114 valence electrons. The Morgan fingerprint density at radius 2 is 2.05 bits per heavy atom. The van der Waals surface area contributed by atoms with Gasteiger partial charge in [-0.3, -0.25) is 0 Å². The zero-order valence-electron chi connectivity index (χ0n) is 11.9. The van der Waals surface area contributed by atoms with Crippen molar-refractivity contribution in [2.24, 2.45) is 0 Å². The standard InChI is InChI=1S/C15H19ClN2O3/c1-2-18(11-5-3-4-6-11)15(21)17-10-7-8-13(16)12(9-10)14(19)20/h7-9,11H,2-6H2,1H3,(H,17,21)(H,19,20). The predicted molar refractivity (Wildman–Crippen MR) is 82.1 cm³/mol. The molecule has 0 heterocycles. The van der Waals surface area contributed by atoms with Gasteiger partial charge in [0.2, 0.25) is 0 Å². The SMILES string of the molecule is CCN(C(=O)Nc1ccc(Cl)c(C(=O)O)c1)C1CCCC1. The molecule has 0 radical (unpaired) electrons. The second-order valence-corrected chi connectivity index (χ2v) is 5.56. The summed E-state index contributed by atoms with van der Waals surface area (Å²) in [7, 11) is 0. The first kappa shape index (κ1) is 15.6. The van der Waals surface area contributed by atoms with Gasteiger partial charge in [0.25, 0.3) is 0 Å². The van der Waals surface area contributed by atoms with Gasteiger partial charge in [0.05, 0.1) is 10.6 Å². The molecule has 2 N–H and O–H groups in total. The van der Waals surface area contributed by atoms with E-state index in [1.165, 1.54) is 12.1 Å². The van der Waals surface area contributed by atoms with Crippen LogP contribution < -0.4 is 5.32 Å². The Morgan fingerprint density at radius 1 is 1.38 bits per heavy atom. The molecule has 0 unspecified atom stereocenters. The molecule has 1 fully saturated rings. The molecule has 1 aromatic rings. The highest BCUT2D eigenvalue weighted by Crippen LogP contribution is 2.25. The van der Waals surface area contributed by atoms with Gasteiger partial charge in [0.1, 0.15) is 0 Å². The van der Waals surface area contributed by atoms with Crippen molar-refractivity contribution >= 4 is 29.3 Å². The summed E-state index contributed by atoms with van der Waals surface area (Å²) in [6, 6.07) is 4.55. The number of benzene rings is 1. The van der Waals surface area contributed by atoms with Gasteiger partial charge in [-0.25, -0.2) is 9.59 Å². The fourth-order valence-electron chi connectivity index (χ4n) is 2.75. The lowest BCUT2D eigenvalue weighted by Crippen LogP contribution is -2.41. The summed E-state index contributed by atoms with van der Waals surface area (Å²) >= 11 is 5.82. The van der Waals surface area contributed by atoms with Crippen LogP contribution in [0, 0.1) is 0 Å². The number of carboxylic acids is 1. The molecule has 1 saturated carbocycles. The van der Waals surface area contributed by atoms with Crippen molar-refractivity contribution in [3.05, 3.63) is 28.8 Å². The van der Waals surface area contributed by atoms with Crippen LogP contribution in [0.15, 0.2) is 18.2 Å². The van der Waals surface area contributed by atoms with E-state index < -0.39 is 5.97 Å². The number of rotatable bonds is 4. The van der Waals surface area contributed by atoms with Crippen molar-refractivity contribution in [1.29, 1.82) is 0 Å². The minimum absolute atomic E-state index is 0.0154. The van der Waals surface area contributed by atoms with E-state index in [1.807, 2.05) is 11.8 Å². The number of aromatic carboxylic acids is 1. The number of anilines is 1. The highest BCUT2D eigenvalue weighted by molar-refractivity contribution is 6.33. The number of carbonyl (C=O) groups is 2. The predicted octanol–water partition coefficient (Wildman–Crippen LogP) is 3.83. The van der Waals surface area contributed by atoms with Crippen LogP contribution in [0.25, 0.3) is 0 Å². The van der Waals surface area contributed by atoms with Gasteiger partial charge in [0, 0.05) is 18.3 Å². The number of amides is 2. The molecule has 6 heteroatoms. The molecule has 0 aromatic heterocycles. The summed E-state index contributed by atoms with van der Waals surface area (Å²) in [4.78, 5) is 25.2. The van der Waals surface area contributed by atoms with Gasteiger partial charge >= 0.3 is 12.0 Å². The molecule has 2 rings (SSSR count). The molecule has 1 aliphatic rings. The van der Waals surface area contributed by atoms with E-state index in [-0.39, 0.29) is 22.7 Å². The zero-order chi connectivity index (χ0) is 15.4. The molecule has 1 aliphatic carbocycles. The molecule has 0 spiro atoms. The lowest BCUT2D eigenvalue weighted by Gasteiger charge is -2.27. The molecule has 1 aromatic carbocycles. The quantitative estimate of drug-likeness (QED) is 0.887. The van der Waals surface area contributed by atoms with Crippen LogP contribution in [0.4, 0.5) is 10.5 Å². The summed E-state index contributed by atoms with van der Waals surface area (Å²) in [5.74, 6) is -1.11. The number of halogens is 1. The first-order chi connectivity index (χ1) is 10.0. The van der Waals surface area contributed by atoms with E-state index in [1.54, 1.807) is 6.07 Å². The van der Waals surface area contributed by atoms with Gasteiger partial charge < -0.3 is 15.3 Å². The Bertz CT molecular complexity index is 542. The van der Waals surface area contributed by atoms with Crippen LogP contribution in [0.3, 0.4) is 0 Å². The van der Waals surface area contributed by atoms with Gasteiger partial charge in [-0.15, -0.1) is 0 Å². The van der Waals surface area contributed by atoms with E-state index in [0.29, 0.717) is 12.2 Å². The summed E-state index contributed by atoms with van der Waals surface area (Å²) < 4.78 is 0. The van der Waals surface area contributed by atoms with Crippen molar-refractivity contribution in [2.45, 2.75) is 38.6 Å². The summed E-state index contributed by atoms with van der Waals surface area (Å²) in [5.41, 5.74) is 0.427. The smallest absolute Gasteiger partial charge is 0.337 e. The van der Waals surface area contributed by atoms with Crippen LogP contribution in [-0.4, -0.2) is 34.6 Å². The molecule has 21 heavy (non-hydrogen) atoms. The van der Waals surface area contributed by atoms with Crippen LogP contribution in [0.2, 0.25) is 5.02 Å². The van der Waals surface area contributed by atoms with Gasteiger partial charge in [0.15, 0.2) is 0 Å². The number of nitrogens with zero attached hydrogens (tertiary/aromatic N) is 1. The van der Waals surface area contributed by atoms with Crippen molar-refractivity contribution < 1.29 is 14.7 Å². The van der Waals surface area contributed by atoms with E-state index in [2.05, 4.69) is 5.32 Å². The third kappa shape index (κ3) is 3.67. The Balaban J connectivity index is 2.11. The normalized spacial score (nSPS) is 15.0. The Hall–Kier alpha value is -1.75. The number of hydrogen-bond acceptors (Lipinski definition) is 2. The average molecular weight is 311 g/mol. The number of carbonyl (C=O) groups excluding carboxylic acids is 1. The number of carboxylic acid groups (broad SMARTS) is 1. The van der Waals surface area contributed by atoms with Gasteiger partial charge in [-0.2, -0.15) is 0 Å². The fraction of sp³-hybridized carbons (Fsp3) is 0.467. The van der Waals surface area contributed by atoms with Crippen LogP contribution in [0.5, 0.6) is 0 Å². The number of urea groups is 1. The van der Waals surface area contributed by atoms with E-state index in [4.69, 9.17) is 16.7 Å². The Morgan fingerprint density at radius 3 is 2.62 bits per heavy atom. The van der Waals surface area contributed by atoms with Crippen molar-refractivity contribution in [3.63, 3.8) is 0 Å². The van der Waals surface area contributed by atoms with E-state index in [0.717, 1.165) is 25.7 Å². The topological polar surface area (TPSA) is 69.6 Å². The molecular weight excluding hydrogens is 292 g/mol. The second kappa shape index (κ2) is 6.80. The molecule has 0 aliphatic heterocycles. The molecular formula is C15H19ClN2O3. The second-order valence-electron chi connectivity index (χ2n) is 5.15. The Kier molecular flexibility index (Phi) is 5.07. The first-order valence-electron chi connectivity index (χ1n) is 7.13. The maximum Gasteiger partial charge on any atom is 0.337 e. The van der Waals surface area contributed by atoms with Crippen molar-refractivity contribution in [2.75, 3.05) is 11.9 Å².